The number of nitrogens with zero attached hydrogens (tertiary/aromatic N) is 1. The van der Waals surface area contributed by atoms with Crippen molar-refractivity contribution in [2.75, 3.05) is 29.0 Å². The van der Waals surface area contributed by atoms with Crippen molar-refractivity contribution in [2.45, 2.75) is 11.3 Å². The van der Waals surface area contributed by atoms with Gasteiger partial charge in [0.1, 0.15) is 5.82 Å². The largest absolute Gasteiger partial charge is 0.376 e. The van der Waals surface area contributed by atoms with Gasteiger partial charge < -0.3 is 10.2 Å². The van der Waals surface area contributed by atoms with Gasteiger partial charge in [0, 0.05) is 25.8 Å². The second-order valence-electron chi connectivity index (χ2n) is 5.71. The van der Waals surface area contributed by atoms with Crippen molar-refractivity contribution in [3.8, 4) is 0 Å². The fourth-order valence-electron chi connectivity index (χ4n) is 2.56. The van der Waals surface area contributed by atoms with E-state index in [0.29, 0.717) is 16.9 Å². The van der Waals surface area contributed by atoms with Gasteiger partial charge in [-0.25, -0.2) is 12.8 Å². The Balaban J connectivity index is 1.97. The molecule has 1 amide bonds. The number of benzene rings is 2. The van der Waals surface area contributed by atoms with Gasteiger partial charge >= 0.3 is 0 Å². The van der Waals surface area contributed by atoms with E-state index in [-0.39, 0.29) is 22.9 Å². The van der Waals surface area contributed by atoms with Gasteiger partial charge in [0.05, 0.1) is 22.7 Å². The summed E-state index contributed by atoms with van der Waals surface area (Å²) in [5, 5.41) is 2.65. The molecule has 0 bridgehead atoms. The summed E-state index contributed by atoms with van der Waals surface area (Å²) in [5.41, 5.74) is 1.92. The first-order valence-corrected chi connectivity index (χ1v) is 8.67. The van der Waals surface area contributed by atoms with E-state index in [4.69, 9.17) is 0 Å². The van der Waals surface area contributed by atoms with Crippen molar-refractivity contribution >= 4 is 33.0 Å². The van der Waals surface area contributed by atoms with Crippen LogP contribution in [0.5, 0.6) is 0 Å². The summed E-state index contributed by atoms with van der Waals surface area (Å²) >= 11 is 0. The average Bonchev–Trinajstić information content (AvgIpc) is 2.85. The van der Waals surface area contributed by atoms with Crippen LogP contribution >= 0.6 is 0 Å². The van der Waals surface area contributed by atoms with Crippen LogP contribution in [0.2, 0.25) is 0 Å². The van der Waals surface area contributed by atoms with Crippen molar-refractivity contribution in [3.63, 3.8) is 0 Å². The second-order valence-corrected chi connectivity index (χ2v) is 7.39. The first-order chi connectivity index (χ1) is 11.3. The maximum absolute atomic E-state index is 13.5. The van der Waals surface area contributed by atoms with E-state index in [1.165, 1.54) is 24.3 Å². The number of nitrogens with one attached hydrogen (secondary N) is 2. The zero-order valence-electron chi connectivity index (χ0n) is 13.1. The third kappa shape index (κ3) is 3.05. The standard InChI is InChI=1S/C16H16FN3O3S/c1-20(2)15-6-3-11(17)9-14(15)19-24(22,23)12-4-5-13-10(7-12)8-16(21)18-13/h3-7,9,19H,8H2,1-2H3,(H,18,21). The van der Waals surface area contributed by atoms with Crippen molar-refractivity contribution in [1.29, 1.82) is 0 Å². The molecule has 2 aromatic carbocycles. The summed E-state index contributed by atoms with van der Waals surface area (Å²) in [6.45, 7) is 0. The zero-order chi connectivity index (χ0) is 17.5. The van der Waals surface area contributed by atoms with Crippen molar-refractivity contribution in [1.82, 2.24) is 0 Å². The average molecular weight is 349 g/mol. The van der Waals surface area contributed by atoms with Crippen LogP contribution in [-0.2, 0) is 21.2 Å². The minimum atomic E-state index is -3.91. The summed E-state index contributed by atoms with van der Waals surface area (Å²) < 4.78 is 41.1. The lowest BCUT2D eigenvalue weighted by Gasteiger charge is -2.18. The van der Waals surface area contributed by atoms with Gasteiger partial charge in [-0.05, 0) is 35.9 Å². The van der Waals surface area contributed by atoms with E-state index in [1.807, 2.05) is 0 Å². The number of hydrogen-bond acceptors (Lipinski definition) is 4. The minimum Gasteiger partial charge on any atom is -0.376 e. The molecule has 2 aromatic rings. The van der Waals surface area contributed by atoms with E-state index < -0.39 is 15.8 Å². The predicted octanol–water partition coefficient (Wildman–Crippen LogP) is 2.19. The van der Waals surface area contributed by atoms with Crippen molar-refractivity contribution in [3.05, 3.63) is 47.8 Å². The van der Waals surface area contributed by atoms with E-state index >= 15 is 0 Å². The highest BCUT2D eigenvalue weighted by atomic mass is 32.2. The molecule has 0 atom stereocenters. The Morgan fingerprint density at radius 3 is 2.62 bits per heavy atom. The molecule has 0 aliphatic carbocycles. The summed E-state index contributed by atoms with van der Waals surface area (Å²) in [4.78, 5) is 13.1. The van der Waals surface area contributed by atoms with Gasteiger partial charge in [0.25, 0.3) is 10.0 Å². The molecular formula is C16H16FN3O3S. The number of hydrogen-bond donors (Lipinski definition) is 2. The Morgan fingerprint density at radius 2 is 1.92 bits per heavy atom. The quantitative estimate of drug-likeness (QED) is 0.887. The maximum atomic E-state index is 13.5. The fraction of sp³-hybridized carbons (Fsp3) is 0.188. The molecule has 0 aromatic heterocycles. The molecule has 1 heterocycles. The van der Waals surface area contributed by atoms with Gasteiger partial charge in [0.15, 0.2) is 0 Å². The summed E-state index contributed by atoms with van der Waals surface area (Å²) in [5.74, 6) is -0.713. The third-order valence-electron chi connectivity index (χ3n) is 3.70. The number of sulfonamides is 1. The Labute approximate surface area is 139 Å². The lowest BCUT2D eigenvalue weighted by molar-refractivity contribution is -0.115. The number of carbonyl (C=O) groups excluding carboxylic acids is 1. The Kier molecular flexibility index (Phi) is 3.92. The molecule has 0 radical (unpaired) electrons. The van der Waals surface area contributed by atoms with Crippen LogP contribution in [0.15, 0.2) is 41.3 Å². The number of halogens is 1. The van der Waals surface area contributed by atoms with E-state index in [9.17, 15) is 17.6 Å². The summed E-state index contributed by atoms with van der Waals surface area (Å²) in [6, 6.07) is 8.29. The highest BCUT2D eigenvalue weighted by Crippen LogP contribution is 2.30. The SMILES string of the molecule is CN(C)c1ccc(F)cc1NS(=O)(=O)c1ccc2c(c1)CC(=O)N2. The zero-order valence-corrected chi connectivity index (χ0v) is 13.9. The predicted molar refractivity (Wildman–Crippen MR) is 90.3 cm³/mol. The first kappa shape index (κ1) is 16.3. The third-order valence-corrected chi connectivity index (χ3v) is 5.06. The number of carbonyl (C=O) groups is 1. The lowest BCUT2D eigenvalue weighted by Crippen LogP contribution is -2.17. The van der Waals surface area contributed by atoms with Gasteiger partial charge in [-0.1, -0.05) is 0 Å². The highest BCUT2D eigenvalue weighted by Gasteiger charge is 2.23. The molecule has 0 spiro atoms. The van der Waals surface area contributed by atoms with Crippen LogP contribution in [0.3, 0.4) is 0 Å². The molecular weight excluding hydrogens is 333 g/mol. The monoisotopic (exact) mass is 349 g/mol. The van der Waals surface area contributed by atoms with E-state index in [1.54, 1.807) is 25.1 Å². The van der Waals surface area contributed by atoms with Crippen molar-refractivity contribution in [2.24, 2.45) is 0 Å². The lowest BCUT2D eigenvalue weighted by atomic mass is 10.2. The number of amides is 1. The number of anilines is 3. The highest BCUT2D eigenvalue weighted by molar-refractivity contribution is 7.92. The molecule has 0 saturated carbocycles. The Morgan fingerprint density at radius 1 is 1.17 bits per heavy atom. The van der Waals surface area contributed by atoms with Crippen LogP contribution in [0.25, 0.3) is 0 Å². The van der Waals surface area contributed by atoms with Gasteiger partial charge in [-0.3, -0.25) is 9.52 Å². The van der Waals surface area contributed by atoms with Crippen LogP contribution < -0.4 is 14.9 Å². The van der Waals surface area contributed by atoms with E-state index in [0.717, 1.165) is 6.07 Å². The topological polar surface area (TPSA) is 78.5 Å². The Hall–Kier alpha value is -2.61. The van der Waals surface area contributed by atoms with Crippen LogP contribution in [0, 0.1) is 5.82 Å². The molecule has 0 unspecified atom stereocenters. The number of fused-ring (bicyclic) bond motifs is 1. The molecule has 6 nitrogen and oxygen atoms in total. The van der Waals surface area contributed by atoms with Gasteiger partial charge in [0.2, 0.25) is 5.91 Å². The smallest absolute Gasteiger partial charge is 0.261 e. The molecule has 1 aliphatic heterocycles. The first-order valence-electron chi connectivity index (χ1n) is 7.19. The molecule has 126 valence electrons. The van der Waals surface area contributed by atoms with Gasteiger partial charge in [-0.2, -0.15) is 0 Å². The van der Waals surface area contributed by atoms with Crippen molar-refractivity contribution < 1.29 is 17.6 Å². The second kappa shape index (κ2) is 5.79. The molecule has 24 heavy (non-hydrogen) atoms. The van der Waals surface area contributed by atoms with Crippen LogP contribution in [-0.4, -0.2) is 28.4 Å². The molecule has 3 rings (SSSR count). The van der Waals surface area contributed by atoms with Crippen LogP contribution in [0.1, 0.15) is 5.56 Å². The van der Waals surface area contributed by atoms with Gasteiger partial charge in [-0.15, -0.1) is 0 Å². The normalized spacial score (nSPS) is 13.4. The molecule has 8 heteroatoms. The molecule has 0 fully saturated rings. The maximum Gasteiger partial charge on any atom is 0.261 e. The molecule has 2 N–H and O–H groups in total. The van der Waals surface area contributed by atoms with E-state index in [2.05, 4.69) is 10.0 Å². The molecule has 0 saturated heterocycles. The summed E-state index contributed by atoms with van der Waals surface area (Å²) in [7, 11) is -0.440. The summed E-state index contributed by atoms with van der Waals surface area (Å²) in [6.07, 6.45) is 0.140. The fourth-order valence-corrected chi connectivity index (χ4v) is 3.67. The minimum absolute atomic E-state index is 0.0201. The van der Waals surface area contributed by atoms with Crippen LogP contribution in [0.4, 0.5) is 21.5 Å². The molecule has 1 aliphatic rings. The Bertz CT molecular complexity index is 926. The number of rotatable bonds is 4.